The van der Waals surface area contributed by atoms with Crippen LogP contribution >= 0.6 is 0 Å². The van der Waals surface area contributed by atoms with E-state index in [1.165, 1.54) is 19.3 Å². The molecule has 0 aliphatic carbocycles. The van der Waals surface area contributed by atoms with E-state index in [0.717, 1.165) is 5.92 Å². The van der Waals surface area contributed by atoms with Crippen LogP contribution in [-0.4, -0.2) is 0 Å². The average molecular weight is 184 g/mol. The van der Waals surface area contributed by atoms with Gasteiger partial charge >= 0.3 is 0 Å². The van der Waals surface area contributed by atoms with E-state index in [4.69, 9.17) is 0 Å². The maximum absolute atomic E-state index is 2.37. The lowest BCUT2D eigenvalue weighted by molar-refractivity contribution is 0.0905. The van der Waals surface area contributed by atoms with Gasteiger partial charge < -0.3 is 0 Å². The van der Waals surface area contributed by atoms with Gasteiger partial charge in [0.15, 0.2) is 0 Å². The molecule has 0 N–H and O–H groups in total. The standard InChI is InChI=1S/C13H28/c1-8-9-10-11(12(2,3)4)13(5,6)7/h11H,8-10H2,1-7H3. The Morgan fingerprint density at radius 1 is 0.846 bits per heavy atom. The molecule has 80 valence electrons. The first-order valence-corrected chi connectivity index (χ1v) is 5.69. The Kier molecular flexibility index (Phi) is 4.48. The number of rotatable bonds is 3. The molecule has 0 spiro atoms. The second-order valence-electron chi connectivity index (χ2n) is 6.43. The molecule has 0 nitrogen and oxygen atoms in total. The van der Waals surface area contributed by atoms with E-state index in [2.05, 4.69) is 48.5 Å². The predicted molar refractivity (Wildman–Crippen MR) is 61.9 cm³/mol. The van der Waals surface area contributed by atoms with Gasteiger partial charge in [-0.1, -0.05) is 61.3 Å². The minimum Gasteiger partial charge on any atom is -0.0654 e. The zero-order chi connectivity index (χ0) is 10.7. The van der Waals surface area contributed by atoms with Gasteiger partial charge in [-0.2, -0.15) is 0 Å². The van der Waals surface area contributed by atoms with Crippen molar-refractivity contribution in [2.24, 2.45) is 16.7 Å². The fourth-order valence-electron chi connectivity index (χ4n) is 2.57. The summed E-state index contributed by atoms with van der Waals surface area (Å²) in [7, 11) is 0. The Bertz CT molecular complexity index is 117. The maximum atomic E-state index is 2.37. The van der Waals surface area contributed by atoms with Crippen LogP contribution in [0.2, 0.25) is 0 Å². The molecule has 0 aromatic rings. The topological polar surface area (TPSA) is 0 Å². The molecule has 0 atom stereocenters. The first-order valence-electron chi connectivity index (χ1n) is 5.69. The summed E-state index contributed by atoms with van der Waals surface area (Å²) in [6, 6.07) is 0. The van der Waals surface area contributed by atoms with Gasteiger partial charge in [0.05, 0.1) is 0 Å². The minimum absolute atomic E-state index is 0.452. The lowest BCUT2D eigenvalue weighted by Crippen LogP contribution is -2.32. The van der Waals surface area contributed by atoms with Crippen LogP contribution in [0.5, 0.6) is 0 Å². The maximum Gasteiger partial charge on any atom is -0.0317 e. The molecule has 0 aliphatic heterocycles. The lowest BCUT2D eigenvalue weighted by atomic mass is 9.65. The van der Waals surface area contributed by atoms with Crippen LogP contribution in [0.4, 0.5) is 0 Å². The van der Waals surface area contributed by atoms with Gasteiger partial charge in [0.25, 0.3) is 0 Å². The Hall–Kier alpha value is 0. The molecule has 0 heteroatoms. The Balaban J connectivity index is 4.39. The molecular weight excluding hydrogens is 156 g/mol. The molecule has 0 fully saturated rings. The number of hydrogen-bond donors (Lipinski definition) is 0. The smallest absolute Gasteiger partial charge is 0.0317 e. The van der Waals surface area contributed by atoms with Gasteiger partial charge in [-0.15, -0.1) is 0 Å². The Labute approximate surface area is 85.1 Å². The summed E-state index contributed by atoms with van der Waals surface area (Å²) in [5.74, 6) is 0.833. The van der Waals surface area contributed by atoms with E-state index < -0.39 is 0 Å². The summed E-state index contributed by atoms with van der Waals surface area (Å²) >= 11 is 0. The molecule has 0 saturated heterocycles. The van der Waals surface area contributed by atoms with E-state index in [-0.39, 0.29) is 0 Å². The third-order valence-corrected chi connectivity index (χ3v) is 2.94. The van der Waals surface area contributed by atoms with E-state index in [9.17, 15) is 0 Å². The first kappa shape index (κ1) is 13.0. The van der Waals surface area contributed by atoms with Crippen molar-refractivity contribution in [3.63, 3.8) is 0 Å². The molecule has 0 aliphatic rings. The Morgan fingerprint density at radius 3 is 1.46 bits per heavy atom. The third kappa shape index (κ3) is 4.69. The van der Waals surface area contributed by atoms with Crippen molar-refractivity contribution in [2.75, 3.05) is 0 Å². The van der Waals surface area contributed by atoms with Gasteiger partial charge in [-0.05, 0) is 23.2 Å². The van der Waals surface area contributed by atoms with Crippen molar-refractivity contribution in [1.82, 2.24) is 0 Å². The fraction of sp³-hybridized carbons (Fsp3) is 1.00. The first-order chi connectivity index (χ1) is 5.69. The minimum atomic E-state index is 0.452. The number of unbranched alkanes of at least 4 members (excludes halogenated alkanes) is 1. The largest absolute Gasteiger partial charge is 0.0654 e. The highest BCUT2D eigenvalue weighted by atomic mass is 14.4. The van der Waals surface area contributed by atoms with E-state index >= 15 is 0 Å². The second kappa shape index (κ2) is 4.48. The quantitative estimate of drug-likeness (QED) is 0.586. The normalized spacial score (nSPS) is 13.8. The molecule has 13 heavy (non-hydrogen) atoms. The molecule has 0 unspecified atom stereocenters. The SMILES string of the molecule is CCCCC(C(C)(C)C)C(C)(C)C. The monoisotopic (exact) mass is 184 g/mol. The highest BCUT2D eigenvalue weighted by Gasteiger charge is 2.33. The molecule has 0 radical (unpaired) electrons. The predicted octanol–water partition coefficient (Wildman–Crippen LogP) is 4.89. The molecule has 0 aromatic carbocycles. The van der Waals surface area contributed by atoms with Crippen LogP contribution < -0.4 is 0 Å². The third-order valence-electron chi connectivity index (χ3n) is 2.94. The average Bonchev–Trinajstić information content (AvgIpc) is 1.81. The fourth-order valence-corrected chi connectivity index (χ4v) is 2.57. The molecule has 0 heterocycles. The highest BCUT2D eigenvalue weighted by molar-refractivity contribution is 4.83. The lowest BCUT2D eigenvalue weighted by Gasteiger charge is -2.41. The molecular formula is C13H28. The van der Waals surface area contributed by atoms with Gasteiger partial charge in [0, 0.05) is 0 Å². The van der Waals surface area contributed by atoms with Crippen LogP contribution in [0.3, 0.4) is 0 Å². The zero-order valence-corrected chi connectivity index (χ0v) is 10.7. The van der Waals surface area contributed by atoms with Gasteiger partial charge in [0.1, 0.15) is 0 Å². The molecule has 0 amide bonds. The summed E-state index contributed by atoms with van der Waals surface area (Å²) < 4.78 is 0. The van der Waals surface area contributed by atoms with Crippen molar-refractivity contribution < 1.29 is 0 Å². The summed E-state index contributed by atoms with van der Waals surface area (Å²) in [5, 5.41) is 0. The second-order valence-corrected chi connectivity index (χ2v) is 6.43. The van der Waals surface area contributed by atoms with Crippen LogP contribution in [0.25, 0.3) is 0 Å². The van der Waals surface area contributed by atoms with Crippen LogP contribution in [0.1, 0.15) is 67.7 Å². The van der Waals surface area contributed by atoms with Crippen molar-refractivity contribution in [2.45, 2.75) is 67.7 Å². The van der Waals surface area contributed by atoms with E-state index in [0.29, 0.717) is 10.8 Å². The number of hydrogen-bond acceptors (Lipinski definition) is 0. The van der Waals surface area contributed by atoms with Gasteiger partial charge in [-0.25, -0.2) is 0 Å². The Morgan fingerprint density at radius 2 is 1.23 bits per heavy atom. The highest BCUT2D eigenvalue weighted by Crippen LogP contribution is 2.42. The zero-order valence-electron chi connectivity index (χ0n) is 10.7. The van der Waals surface area contributed by atoms with Gasteiger partial charge in [-0.3, -0.25) is 0 Å². The van der Waals surface area contributed by atoms with E-state index in [1.807, 2.05) is 0 Å². The molecule has 0 saturated carbocycles. The van der Waals surface area contributed by atoms with Crippen molar-refractivity contribution in [1.29, 1.82) is 0 Å². The van der Waals surface area contributed by atoms with Crippen LogP contribution in [-0.2, 0) is 0 Å². The molecule has 0 bridgehead atoms. The van der Waals surface area contributed by atoms with Crippen molar-refractivity contribution in [3.05, 3.63) is 0 Å². The summed E-state index contributed by atoms with van der Waals surface area (Å²) in [5.41, 5.74) is 0.904. The van der Waals surface area contributed by atoms with Crippen molar-refractivity contribution >= 4 is 0 Å². The van der Waals surface area contributed by atoms with Gasteiger partial charge in [0.2, 0.25) is 0 Å². The summed E-state index contributed by atoms with van der Waals surface area (Å²) in [6.45, 7) is 16.5. The molecule has 0 aromatic heterocycles. The van der Waals surface area contributed by atoms with Crippen LogP contribution in [0, 0.1) is 16.7 Å². The molecule has 0 rings (SSSR count). The van der Waals surface area contributed by atoms with Crippen LogP contribution in [0.15, 0.2) is 0 Å². The van der Waals surface area contributed by atoms with E-state index in [1.54, 1.807) is 0 Å². The summed E-state index contributed by atoms with van der Waals surface area (Å²) in [6.07, 6.45) is 4.07. The van der Waals surface area contributed by atoms with Crippen molar-refractivity contribution in [3.8, 4) is 0 Å². The summed E-state index contributed by atoms with van der Waals surface area (Å²) in [4.78, 5) is 0.